The van der Waals surface area contributed by atoms with Gasteiger partial charge in [0.15, 0.2) is 0 Å². The van der Waals surface area contributed by atoms with E-state index in [0.717, 1.165) is 16.8 Å². The van der Waals surface area contributed by atoms with E-state index >= 15 is 0 Å². The van der Waals surface area contributed by atoms with E-state index in [4.69, 9.17) is 15.0 Å². The van der Waals surface area contributed by atoms with Gasteiger partial charge in [-0.1, -0.05) is 12.1 Å². The third kappa shape index (κ3) is 3.36. The summed E-state index contributed by atoms with van der Waals surface area (Å²) in [5, 5.41) is 0. The lowest BCUT2D eigenvalue weighted by atomic mass is 9.89. The lowest BCUT2D eigenvalue weighted by molar-refractivity contribution is 0.00578. The number of aryl methyl sites for hydroxylation is 1. The first kappa shape index (κ1) is 16.2. The zero-order valence-electron chi connectivity index (χ0n) is 13.8. The van der Waals surface area contributed by atoms with Crippen LogP contribution in [-0.2, 0) is 9.31 Å². The number of nitrogens with two attached hydrogens (primary N) is 1. The standard InChI is InChI=1S/C16H25BN2O2/c1-11-9-13(10-19-14(11)12(2)18)7-8-17-20-15(3,4)16(5,6)21-17/h7-10,12H,18H2,1-6H3/b8-7+. The molecule has 1 fully saturated rings. The van der Waals surface area contributed by atoms with Crippen molar-refractivity contribution in [3.05, 3.63) is 35.1 Å². The van der Waals surface area contributed by atoms with Crippen LogP contribution in [0.2, 0.25) is 0 Å². The second-order valence-electron chi connectivity index (χ2n) is 6.74. The first-order valence-electron chi connectivity index (χ1n) is 7.38. The Hall–Kier alpha value is -1.17. The highest BCUT2D eigenvalue weighted by molar-refractivity contribution is 6.52. The minimum absolute atomic E-state index is 0.0499. The van der Waals surface area contributed by atoms with Gasteiger partial charge >= 0.3 is 7.12 Å². The van der Waals surface area contributed by atoms with Crippen LogP contribution in [0.25, 0.3) is 6.08 Å². The van der Waals surface area contributed by atoms with Crippen LogP contribution in [0.5, 0.6) is 0 Å². The molecule has 0 saturated carbocycles. The van der Waals surface area contributed by atoms with Crippen LogP contribution in [0, 0.1) is 6.92 Å². The van der Waals surface area contributed by atoms with E-state index in [1.165, 1.54) is 0 Å². The van der Waals surface area contributed by atoms with Gasteiger partial charge in [0.25, 0.3) is 0 Å². The van der Waals surface area contributed by atoms with E-state index in [0.29, 0.717) is 0 Å². The highest BCUT2D eigenvalue weighted by atomic mass is 16.7. The maximum atomic E-state index is 5.93. The maximum absolute atomic E-state index is 5.93. The number of rotatable bonds is 3. The predicted octanol–water partition coefficient (Wildman–Crippen LogP) is 3.05. The highest BCUT2D eigenvalue weighted by Gasteiger charge is 2.49. The van der Waals surface area contributed by atoms with Crippen molar-refractivity contribution in [3.8, 4) is 0 Å². The first-order valence-corrected chi connectivity index (χ1v) is 7.38. The van der Waals surface area contributed by atoms with Gasteiger partial charge in [-0.15, -0.1) is 0 Å². The quantitative estimate of drug-likeness (QED) is 0.868. The summed E-state index contributed by atoms with van der Waals surface area (Å²) in [6.07, 6.45) is 3.81. The molecule has 2 N–H and O–H groups in total. The molecule has 0 amide bonds. The van der Waals surface area contributed by atoms with Crippen LogP contribution < -0.4 is 5.73 Å². The number of aromatic nitrogens is 1. The molecule has 1 unspecified atom stereocenters. The van der Waals surface area contributed by atoms with E-state index in [-0.39, 0.29) is 24.4 Å². The zero-order chi connectivity index (χ0) is 15.8. The SMILES string of the molecule is Cc1cc(/C=C/B2OC(C)(C)C(C)(C)O2)cnc1C(C)N. The molecule has 1 saturated heterocycles. The fraction of sp³-hybridized carbons (Fsp3) is 0.562. The van der Waals surface area contributed by atoms with Gasteiger partial charge in [-0.25, -0.2) is 0 Å². The molecule has 1 aromatic rings. The number of pyridine rings is 1. The normalized spacial score (nSPS) is 22.0. The molecule has 1 aliphatic heterocycles. The predicted molar refractivity (Wildman–Crippen MR) is 86.7 cm³/mol. The van der Waals surface area contributed by atoms with Crippen molar-refractivity contribution < 1.29 is 9.31 Å². The molecule has 114 valence electrons. The van der Waals surface area contributed by atoms with Gasteiger partial charge in [-0.2, -0.15) is 0 Å². The van der Waals surface area contributed by atoms with Gasteiger partial charge in [0.1, 0.15) is 0 Å². The minimum atomic E-state index is -0.330. The van der Waals surface area contributed by atoms with Gasteiger partial charge in [0.05, 0.1) is 16.9 Å². The van der Waals surface area contributed by atoms with Crippen molar-refractivity contribution in [1.82, 2.24) is 4.98 Å². The first-order chi connectivity index (χ1) is 9.62. The summed E-state index contributed by atoms with van der Waals surface area (Å²) < 4.78 is 11.9. The maximum Gasteiger partial charge on any atom is 0.487 e. The van der Waals surface area contributed by atoms with E-state index in [1.807, 2.05) is 59.8 Å². The third-order valence-corrected chi connectivity index (χ3v) is 4.29. The molecule has 0 spiro atoms. The van der Waals surface area contributed by atoms with Crippen LogP contribution in [-0.4, -0.2) is 23.3 Å². The van der Waals surface area contributed by atoms with Crippen LogP contribution in [0.4, 0.5) is 0 Å². The Bertz CT molecular complexity index is 537. The molecule has 0 aliphatic carbocycles. The molecule has 4 nitrogen and oxygen atoms in total. The van der Waals surface area contributed by atoms with E-state index in [1.54, 1.807) is 0 Å². The van der Waals surface area contributed by atoms with Crippen LogP contribution in [0.15, 0.2) is 18.2 Å². The molecular formula is C16H25BN2O2. The molecule has 21 heavy (non-hydrogen) atoms. The number of nitrogens with zero attached hydrogens (tertiary/aromatic N) is 1. The minimum Gasteiger partial charge on any atom is -0.400 e. The second-order valence-corrected chi connectivity index (χ2v) is 6.74. The smallest absolute Gasteiger partial charge is 0.400 e. The topological polar surface area (TPSA) is 57.4 Å². The van der Waals surface area contributed by atoms with E-state index in [2.05, 4.69) is 11.1 Å². The molecule has 0 bridgehead atoms. The van der Waals surface area contributed by atoms with Crippen molar-refractivity contribution in [3.63, 3.8) is 0 Å². The molecule has 0 aromatic carbocycles. The monoisotopic (exact) mass is 288 g/mol. The fourth-order valence-electron chi connectivity index (χ4n) is 2.33. The molecule has 1 atom stereocenters. The van der Waals surface area contributed by atoms with Crippen LogP contribution >= 0.6 is 0 Å². The molecule has 0 radical (unpaired) electrons. The van der Waals surface area contributed by atoms with Crippen molar-refractivity contribution in [2.75, 3.05) is 0 Å². The summed E-state index contributed by atoms with van der Waals surface area (Å²) in [5.74, 6) is 1.93. The van der Waals surface area contributed by atoms with Crippen molar-refractivity contribution in [2.45, 2.75) is 58.8 Å². The lowest BCUT2D eigenvalue weighted by Crippen LogP contribution is -2.41. The second kappa shape index (κ2) is 5.56. The molecular weight excluding hydrogens is 263 g/mol. The molecule has 2 rings (SSSR count). The summed E-state index contributed by atoms with van der Waals surface area (Å²) in [7, 11) is -0.330. The molecule has 1 aliphatic rings. The van der Waals surface area contributed by atoms with Crippen molar-refractivity contribution in [2.24, 2.45) is 5.73 Å². The Morgan fingerprint density at radius 2 is 1.81 bits per heavy atom. The van der Waals surface area contributed by atoms with Gasteiger partial charge in [0, 0.05) is 12.2 Å². The summed E-state index contributed by atoms with van der Waals surface area (Å²) in [6, 6.07) is 2.03. The van der Waals surface area contributed by atoms with Crippen molar-refractivity contribution >= 4 is 13.2 Å². The summed E-state index contributed by atoms with van der Waals surface area (Å²) in [4.78, 5) is 4.42. The highest BCUT2D eigenvalue weighted by Crippen LogP contribution is 2.37. The molecule has 5 heteroatoms. The van der Waals surface area contributed by atoms with Crippen molar-refractivity contribution in [1.29, 1.82) is 0 Å². The Balaban J connectivity index is 2.11. The van der Waals surface area contributed by atoms with Gasteiger partial charge < -0.3 is 15.0 Å². The average Bonchev–Trinajstić information content (AvgIpc) is 2.55. The number of hydrogen-bond acceptors (Lipinski definition) is 4. The zero-order valence-corrected chi connectivity index (χ0v) is 13.8. The van der Waals surface area contributed by atoms with Crippen LogP contribution in [0.1, 0.15) is 57.5 Å². The Labute approximate surface area is 127 Å². The van der Waals surface area contributed by atoms with Gasteiger partial charge in [-0.05, 0) is 58.7 Å². The Morgan fingerprint density at radius 3 is 2.29 bits per heavy atom. The largest absolute Gasteiger partial charge is 0.487 e. The van der Waals surface area contributed by atoms with Crippen LogP contribution in [0.3, 0.4) is 0 Å². The Morgan fingerprint density at radius 1 is 1.24 bits per heavy atom. The summed E-state index contributed by atoms with van der Waals surface area (Å²) in [6.45, 7) is 12.1. The summed E-state index contributed by atoms with van der Waals surface area (Å²) >= 11 is 0. The average molecular weight is 288 g/mol. The van der Waals surface area contributed by atoms with E-state index < -0.39 is 0 Å². The van der Waals surface area contributed by atoms with Gasteiger partial charge in [-0.3, -0.25) is 4.98 Å². The Kier molecular flexibility index (Phi) is 4.29. The molecule has 1 aromatic heterocycles. The van der Waals surface area contributed by atoms with Gasteiger partial charge in [0.2, 0.25) is 0 Å². The lowest BCUT2D eigenvalue weighted by Gasteiger charge is -2.32. The third-order valence-electron chi connectivity index (χ3n) is 4.29. The fourth-order valence-corrected chi connectivity index (χ4v) is 2.33. The van der Waals surface area contributed by atoms with E-state index in [9.17, 15) is 0 Å². The number of hydrogen-bond donors (Lipinski definition) is 1. The molecule has 2 heterocycles. The summed E-state index contributed by atoms with van der Waals surface area (Å²) in [5.41, 5.74) is 8.31.